The van der Waals surface area contributed by atoms with Gasteiger partial charge in [0.2, 0.25) is 0 Å². The third-order valence-electron chi connectivity index (χ3n) is 3.80. The number of aromatic nitrogens is 1. The highest BCUT2D eigenvalue weighted by Gasteiger charge is 2.25. The Morgan fingerprint density at radius 2 is 2.35 bits per heavy atom. The molecule has 92 valence electrons. The van der Waals surface area contributed by atoms with Crippen LogP contribution < -0.4 is 10.6 Å². The molecule has 3 rings (SSSR count). The Hall–Kier alpha value is -0.710. The van der Waals surface area contributed by atoms with Crippen LogP contribution in [0.3, 0.4) is 0 Å². The largest absolute Gasteiger partial charge is 0.314 e. The molecule has 0 radical (unpaired) electrons. The molecule has 0 amide bonds. The molecule has 17 heavy (non-hydrogen) atoms. The van der Waals surface area contributed by atoms with Crippen LogP contribution in [0.1, 0.15) is 24.3 Å². The predicted octanol–water partition coefficient (Wildman–Crippen LogP) is 1.89. The molecule has 0 aromatic carbocycles. The van der Waals surface area contributed by atoms with Crippen LogP contribution in [0.5, 0.6) is 0 Å². The van der Waals surface area contributed by atoms with Crippen molar-refractivity contribution in [2.24, 2.45) is 5.92 Å². The third kappa shape index (κ3) is 2.59. The fraction of sp³-hybridized carbons (Fsp3) is 0.615. The summed E-state index contributed by atoms with van der Waals surface area (Å²) in [4.78, 5) is 4.40. The fourth-order valence-electron chi connectivity index (χ4n) is 2.81. The molecule has 2 N–H and O–H groups in total. The van der Waals surface area contributed by atoms with Crippen LogP contribution >= 0.6 is 11.3 Å². The molecule has 2 unspecified atom stereocenters. The lowest BCUT2D eigenvalue weighted by molar-refractivity contribution is 0.293. The minimum absolute atomic E-state index is 0.665. The van der Waals surface area contributed by atoms with Crippen molar-refractivity contribution in [1.29, 1.82) is 0 Å². The Bertz CT molecular complexity index is 379. The van der Waals surface area contributed by atoms with Crippen molar-refractivity contribution in [1.82, 2.24) is 15.6 Å². The van der Waals surface area contributed by atoms with Crippen molar-refractivity contribution in [2.45, 2.75) is 25.3 Å². The molecule has 2 aliphatic rings. The Labute approximate surface area is 106 Å². The van der Waals surface area contributed by atoms with Crippen LogP contribution in [0.15, 0.2) is 17.7 Å². The summed E-state index contributed by atoms with van der Waals surface area (Å²) in [6.45, 7) is 3.36. The highest BCUT2D eigenvalue weighted by Crippen LogP contribution is 2.32. The highest BCUT2D eigenvalue weighted by molar-refractivity contribution is 7.10. The molecule has 1 fully saturated rings. The lowest BCUT2D eigenvalue weighted by atomic mass is 9.84. The number of hydrogen-bond donors (Lipinski definition) is 2. The average Bonchev–Trinajstić information content (AvgIpc) is 2.94. The van der Waals surface area contributed by atoms with Crippen LogP contribution in [0, 0.1) is 5.92 Å². The molecule has 1 aromatic heterocycles. The maximum absolute atomic E-state index is 4.40. The van der Waals surface area contributed by atoms with E-state index >= 15 is 0 Å². The Morgan fingerprint density at radius 3 is 3.00 bits per heavy atom. The van der Waals surface area contributed by atoms with Crippen molar-refractivity contribution in [2.75, 3.05) is 19.6 Å². The van der Waals surface area contributed by atoms with Gasteiger partial charge in [0.05, 0.1) is 0 Å². The van der Waals surface area contributed by atoms with Crippen LogP contribution in [0.4, 0.5) is 0 Å². The number of piperazine rings is 1. The molecule has 1 aliphatic carbocycles. The van der Waals surface area contributed by atoms with Gasteiger partial charge in [0.1, 0.15) is 5.01 Å². The lowest BCUT2D eigenvalue weighted by Gasteiger charge is -2.33. The van der Waals surface area contributed by atoms with Crippen molar-refractivity contribution < 1.29 is 0 Å². The van der Waals surface area contributed by atoms with Crippen molar-refractivity contribution in [3.63, 3.8) is 0 Å². The highest BCUT2D eigenvalue weighted by atomic mass is 32.1. The van der Waals surface area contributed by atoms with Gasteiger partial charge in [-0.05, 0) is 30.8 Å². The molecule has 4 heteroatoms. The Kier molecular flexibility index (Phi) is 3.54. The molecule has 2 atom stereocenters. The second kappa shape index (κ2) is 5.29. The van der Waals surface area contributed by atoms with Gasteiger partial charge in [0.25, 0.3) is 0 Å². The van der Waals surface area contributed by atoms with Gasteiger partial charge >= 0.3 is 0 Å². The minimum Gasteiger partial charge on any atom is -0.314 e. The SMILES string of the molecule is C1=C(c2nccs2)CCC(C2CNCCN2)C1. The summed E-state index contributed by atoms with van der Waals surface area (Å²) in [5, 5.41) is 10.4. The van der Waals surface area contributed by atoms with Crippen LogP contribution in [-0.4, -0.2) is 30.7 Å². The molecule has 1 aromatic rings. The van der Waals surface area contributed by atoms with Gasteiger partial charge in [-0.25, -0.2) is 4.98 Å². The third-order valence-corrected chi connectivity index (χ3v) is 4.65. The number of allylic oxidation sites excluding steroid dienone is 2. The van der Waals surface area contributed by atoms with Crippen molar-refractivity contribution >= 4 is 16.9 Å². The number of rotatable bonds is 2. The first kappa shape index (κ1) is 11.4. The monoisotopic (exact) mass is 249 g/mol. The first-order chi connectivity index (χ1) is 8.43. The smallest absolute Gasteiger partial charge is 0.118 e. The van der Waals surface area contributed by atoms with Crippen molar-refractivity contribution in [3.05, 3.63) is 22.7 Å². The standard InChI is InChI=1S/C13H19N3S/c1-3-11(13-16-7-8-17-13)4-2-10(1)12-9-14-5-6-15-12/h3,7-8,10,12,14-15H,1-2,4-6,9H2. The van der Waals surface area contributed by atoms with Gasteiger partial charge in [-0.15, -0.1) is 11.3 Å². The summed E-state index contributed by atoms with van der Waals surface area (Å²) in [6.07, 6.45) is 8.00. The van der Waals surface area contributed by atoms with E-state index in [1.807, 2.05) is 6.20 Å². The molecular weight excluding hydrogens is 230 g/mol. The molecule has 0 spiro atoms. The first-order valence-corrected chi connectivity index (χ1v) is 7.34. The molecular formula is C13H19N3S. The van der Waals surface area contributed by atoms with E-state index in [-0.39, 0.29) is 0 Å². The lowest BCUT2D eigenvalue weighted by Crippen LogP contribution is -2.52. The van der Waals surface area contributed by atoms with Gasteiger partial charge < -0.3 is 10.6 Å². The minimum atomic E-state index is 0.665. The predicted molar refractivity (Wildman–Crippen MR) is 72.1 cm³/mol. The van der Waals surface area contributed by atoms with E-state index in [0.29, 0.717) is 6.04 Å². The molecule has 3 nitrogen and oxygen atoms in total. The van der Waals surface area contributed by atoms with E-state index in [2.05, 4.69) is 27.1 Å². The maximum atomic E-state index is 4.40. The normalized spacial score (nSPS) is 30.0. The number of hydrogen-bond acceptors (Lipinski definition) is 4. The molecule has 0 saturated carbocycles. The van der Waals surface area contributed by atoms with Crippen LogP contribution in [-0.2, 0) is 0 Å². The van der Waals surface area contributed by atoms with Crippen LogP contribution in [0.2, 0.25) is 0 Å². The summed E-state index contributed by atoms with van der Waals surface area (Å²) in [6, 6.07) is 0.665. The summed E-state index contributed by atoms with van der Waals surface area (Å²) in [7, 11) is 0. The van der Waals surface area contributed by atoms with E-state index in [0.717, 1.165) is 25.6 Å². The first-order valence-electron chi connectivity index (χ1n) is 6.46. The zero-order chi connectivity index (χ0) is 11.5. The fourth-order valence-corrected chi connectivity index (χ4v) is 3.51. The quantitative estimate of drug-likeness (QED) is 0.840. The zero-order valence-corrected chi connectivity index (χ0v) is 10.8. The number of thiazole rings is 1. The second-order valence-electron chi connectivity index (χ2n) is 4.87. The summed E-state index contributed by atoms with van der Waals surface area (Å²) in [5.74, 6) is 0.798. The van der Waals surface area contributed by atoms with Gasteiger partial charge in [-0.1, -0.05) is 6.08 Å². The van der Waals surface area contributed by atoms with Gasteiger partial charge in [0.15, 0.2) is 0 Å². The second-order valence-corrected chi connectivity index (χ2v) is 5.76. The van der Waals surface area contributed by atoms with Gasteiger partial charge in [-0.3, -0.25) is 0 Å². The number of nitrogens with zero attached hydrogens (tertiary/aromatic N) is 1. The topological polar surface area (TPSA) is 37.0 Å². The Morgan fingerprint density at radius 1 is 1.35 bits per heavy atom. The van der Waals surface area contributed by atoms with E-state index in [1.54, 1.807) is 11.3 Å². The number of nitrogens with one attached hydrogen (secondary N) is 2. The van der Waals surface area contributed by atoms with E-state index < -0.39 is 0 Å². The van der Waals surface area contributed by atoms with E-state index in [4.69, 9.17) is 0 Å². The van der Waals surface area contributed by atoms with Gasteiger partial charge in [-0.2, -0.15) is 0 Å². The molecule has 0 bridgehead atoms. The maximum Gasteiger partial charge on any atom is 0.118 e. The van der Waals surface area contributed by atoms with E-state index in [9.17, 15) is 0 Å². The summed E-state index contributed by atoms with van der Waals surface area (Å²) < 4.78 is 0. The molecule has 1 aliphatic heterocycles. The molecule has 2 heterocycles. The van der Waals surface area contributed by atoms with Crippen LogP contribution in [0.25, 0.3) is 5.57 Å². The van der Waals surface area contributed by atoms with Gasteiger partial charge in [0, 0.05) is 37.3 Å². The Balaban J connectivity index is 1.62. The molecule has 1 saturated heterocycles. The van der Waals surface area contributed by atoms with E-state index in [1.165, 1.54) is 29.8 Å². The summed E-state index contributed by atoms with van der Waals surface area (Å²) >= 11 is 1.76. The zero-order valence-electron chi connectivity index (χ0n) is 9.98. The average molecular weight is 249 g/mol. The summed E-state index contributed by atoms with van der Waals surface area (Å²) in [5.41, 5.74) is 1.46. The van der Waals surface area contributed by atoms with Crippen molar-refractivity contribution in [3.8, 4) is 0 Å².